The first-order chi connectivity index (χ1) is 10.1. The van der Waals surface area contributed by atoms with Gasteiger partial charge in [0, 0.05) is 16.6 Å². The van der Waals surface area contributed by atoms with E-state index in [4.69, 9.17) is 4.42 Å². The molecule has 3 rings (SSSR count). The lowest BCUT2D eigenvalue weighted by atomic mass is 10.1. The van der Waals surface area contributed by atoms with E-state index in [1.165, 1.54) is 6.26 Å². The third-order valence-corrected chi connectivity index (χ3v) is 4.31. The lowest BCUT2D eigenvalue weighted by molar-refractivity contribution is 0.102. The predicted octanol–water partition coefficient (Wildman–Crippen LogP) is 4.73. The first kappa shape index (κ1) is 14.0. The van der Waals surface area contributed by atoms with Crippen LogP contribution < -0.4 is 5.32 Å². The summed E-state index contributed by atoms with van der Waals surface area (Å²) in [5.74, 6) is -0.215. The number of rotatable bonds is 3. The summed E-state index contributed by atoms with van der Waals surface area (Å²) in [5.41, 5.74) is 3.17. The number of carbonyl (C=O) groups excluding carboxylic acids is 1. The third-order valence-electron chi connectivity index (χ3n) is 2.92. The minimum absolute atomic E-state index is 0.215. The molecular formula is C15H11BrN2O2S. The molecule has 2 aromatic heterocycles. The molecule has 4 nitrogen and oxygen atoms in total. The van der Waals surface area contributed by atoms with Crippen LogP contribution in [-0.2, 0) is 0 Å². The van der Waals surface area contributed by atoms with Crippen molar-refractivity contribution in [3.05, 3.63) is 57.2 Å². The van der Waals surface area contributed by atoms with Crippen molar-refractivity contribution in [3.8, 4) is 11.3 Å². The topological polar surface area (TPSA) is 55.1 Å². The molecule has 0 saturated heterocycles. The number of nitrogens with one attached hydrogen (secondary N) is 1. The molecule has 1 aromatic carbocycles. The Morgan fingerprint density at radius 3 is 2.62 bits per heavy atom. The van der Waals surface area contributed by atoms with Crippen LogP contribution in [-0.4, -0.2) is 10.9 Å². The number of carbonyl (C=O) groups is 1. The van der Waals surface area contributed by atoms with Gasteiger partial charge in [-0.05, 0) is 41.1 Å². The predicted molar refractivity (Wildman–Crippen MR) is 86.6 cm³/mol. The number of nitrogens with zero attached hydrogens (tertiary/aromatic N) is 1. The molecule has 0 fully saturated rings. The van der Waals surface area contributed by atoms with Crippen molar-refractivity contribution >= 4 is 38.9 Å². The van der Waals surface area contributed by atoms with Crippen molar-refractivity contribution in [2.45, 2.75) is 6.92 Å². The molecule has 3 aromatic rings. The molecule has 0 spiro atoms. The summed E-state index contributed by atoms with van der Waals surface area (Å²) < 4.78 is 5.48. The molecule has 0 unspecified atom stereocenters. The highest BCUT2D eigenvalue weighted by Gasteiger charge is 2.12. The lowest BCUT2D eigenvalue weighted by Crippen LogP contribution is -2.11. The van der Waals surface area contributed by atoms with Gasteiger partial charge in [-0.1, -0.05) is 12.1 Å². The number of aromatic nitrogens is 1. The zero-order chi connectivity index (χ0) is 14.8. The van der Waals surface area contributed by atoms with E-state index in [-0.39, 0.29) is 5.91 Å². The fourth-order valence-electron chi connectivity index (χ4n) is 1.87. The van der Waals surface area contributed by atoms with Crippen molar-refractivity contribution in [1.82, 2.24) is 4.98 Å². The Hall–Kier alpha value is -1.92. The second kappa shape index (κ2) is 5.83. The van der Waals surface area contributed by atoms with E-state index in [9.17, 15) is 4.79 Å². The van der Waals surface area contributed by atoms with Crippen molar-refractivity contribution in [1.29, 1.82) is 0 Å². The Kier molecular flexibility index (Phi) is 3.90. The average Bonchev–Trinajstić information content (AvgIpc) is 3.08. The van der Waals surface area contributed by atoms with Crippen LogP contribution in [0.4, 0.5) is 5.69 Å². The molecule has 2 heterocycles. The quantitative estimate of drug-likeness (QED) is 0.732. The van der Waals surface area contributed by atoms with Crippen molar-refractivity contribution in [2.24, 2.45) is 0 Å². The lowest BCUT2D eigenvalue weighted by Gasteiger charge is -2.05. The maximum atomic E-state index is 12.0. The van der Waals surface area contributed by atoms with Crippen LogP contribution in [0, 0.1) is 6.92 Å². The number of anilines is 1. The molecule has 106 valence electrons. The fraction of sp³-hybridized carbons (Fsp3) is 0.0667. The molecule has 0 aliphatic rings. The Labute approximate surface area is 134 Å². The number of hydrogen-bond acceptors (Lipinski definition) is 4. The number of benzene rings is 1. The molecule has 0 aliphatic heterocycles. The number of amides is 1. The Bertz CT molecular complexity index is 777. The van der Waals surface area contributed by atoms with Gasteiger partial charge in [-0.15, -0.1) is 11.3 Å². The SMILES string of the molecule is Cc1nc(-c2ccc(NC(=O)c3ccoc3Br)cc2)cs1. The zero-order valence-corrected chi connectivity index (χ0v) is 13.5. The van der Waals surface area contributed by atoms with E-state index in [0.717, 1.165) is 22.0 Å². The smallest absolute Gasteiger partial charge is 0.260 e. The Morgan fingerprint density at radius 1 is 1.29 bits per heavy atom. The van der Waals surface area contributed by atoms with Crippen LogP contribution in [0.15, 0.2) is 51.1 Å². The maximum Gasteiger partial charge on any atom is 0.260 e. The highest BCUT2D eigenvalue weighted by Crippen LogP contribution is 2.24. The molecular weight excluding hydrogens is 352 g/mol. The Morgan fingerprint density at radius 2 is 2.05 bits per heavy atom. The van der Waals surface area contributed by atoms with Crippen molar-refractivity contribution in [2.75, 3.05) is 5.32 Å². The van der Waals surface area contributed by atoms with Gasteiger partial charge < -0.3 is 9.73 Å². The van der Waals surface area contributed by atoms with Crippen molar-refractivity contribution in [3.63, 3.8) is 0 Å². The first-order valence-corrected chi connectivity index (χ1v) is 7.87. The van der Waals surface area contributed by atoms with E-state index >= 15 is 0 Å². The molecule has 0 bridgehead atoms. The molecule has 1 N–H and O–H groups in total. The standard InChI is InChI=1S/C15H11BrN2O2S/c1-9-17-13(8-21-9)10-2-4-11(5-3-10)18-15(19)12-6-7-20-14(12)16/h2-8H,1H3,(H,18,19). The summed E-state index contributed by atoms with van der Waals surface area (Å²) in [4.78, 5) is 16.5. The summed E-state index contributed by atoms with van der Waals surface area (Å²) in [6.45, 7) is 1.98. The minimum Gasteiger partial charge on any atom is -0.457 e. The van der Waals surface area contributed by atoms with Crippen LogP contribution in [0.3, 0.4) is 0 Å². The van der Waals surface area contributed by atoms with Gasteiger partial charge in [-0.3, -0.25) is 4.79 Å². The van der Waals surface area contributed by atoms with Crippen LogP contribution in [0.2, 0.25) is 0 Å². The van der Waals surface area contributed by atoms with Gasteiger partial charge in [0.2, 0.25) is 0 Å². The molecule has 0 saturated carbocycles. The molecule has 0 atom stereocenters. The average molecular weight is 363 g/mol. The van der Waals surface area contributed by atoms with E-state index in [0.29, 0.717) is 10.2 Å². The highest BCUT2D eigenvalue weighted by molar-refractivity contribution is 9.10. The number of thiazole rings is 1. The molecule has 1 amide bonds. The summed E-state index contributed by atoms with van der Waals surface area (Å²) >= 11 is 4.81. The largest absolute Gasteiger partial charge is 0.457 e. The fourth-order valence-corrected chi connectivity index (χ4v) is 2.92. The second-order valence-electron chi connectivity index (χ2n) is 4.39. The van der Waals surface area contributed by atoms with Gasteiger partial charge in [0.15, 0.2) is 4.67 Å². The maximum absolute atomic E-state index is 12.0. The summed E-state index contributed by atoms with van der Waals surface area (Å²) in [7, 11) is 0. The minimum atomic E-state index is -0.215. The van der Waals surface area contributed by atoms with E-state index in [1.807, 2.05) is 36.6 Å². The highest BCUT2D eigenvalue weighted by atomic mass is 79.9. The van der Waals surface area contributed by atoms with Crippen molar-refractivity contribution < 1.29 is 9.21 Å². The number of furan rings is 1. The number of halogens is 1. The molecule has 0 radical (unpaired) electrons. The van der Waals surface area contributed by atoms with Crippen LogP contribution >= 0.6 is 27.3 Å². The first-order valence-electron chi connectivity index (χ1n) is 6.20. The monoisotopic (exact) mass is 362 g/mol. The summed E-state index contributed by atoms with van der Waals surface area (Å²) in [6, 6.07) is 9.21. The molecule has 0 aliphatic carbocycles. The van der Waals surface area contributed by atoms with Crippen LogP contribution in [0.5, 0.6) is 0 Å². The van der Waals surface area contributed by atoms with Gasteiger partial charge in [0.05, 0.1) is 22.5 Å². The third kappa shape index (κ3) is 3.06. The van der Waals surface area contributed by atoms with Gasteiger partial charge in [0.1, 0.15) is 0 Å². The van der Waals surface area contributed by atoms with Gasteiger partial charge in [-0.25, -0.2) is 4.98 Å². The summed E-state index contributed by atoms with van der Waals surface area (Å²) in [6.07, 6.45) is 1.46. The summed E-state index contributed by atoms with van der Waals surface area (Å²) in [5, 5.41) is 5.88. The van der Waals surface area contributed by atoms with Crippen LogP contribution in [0.25, 0.3) is 11.3 Å². The zero-order valence-electron chi connectivity index (χ0n) is 11.1. The van der Waals surface area contributed by atoms with Crippen LogP contribution in [0.1, 0.15) is 15.4 Å². The van der Waals surface area contributed by atoms with E-state index < -0.39 is 0 Å². The van der Waals surface area contributed by atoms with Gasteiger partial charge in [0.25, 0.3) is 5.91 Å². The second-order valence-corrected chi connectivity index (χ2v) is 6.17. The normalized spacial score (nSPS) is 10.6. The number of aryl methyl sites for hydroxylation is 1. The van der Waals surface area contributed by atoms with E-state index in [2.05, 4.69) is 26.2 Å². The van der Waals surface area contributed by atoms with Gasteiger partial charge >= 0.3 is 0 Å². The molecule has 21 heavy (non-hydrogen) atoms. The van der Waals surface area contributed by atoms with Gasteiger partial charge in [-0.2, -0.15) is 0 Å². The Balaban J connectivity index is 1.76. The molecule has 6 heteroatoms. The van der Waals surface area contributed by atoms with E-state index in [1.54, 1.807) is 17.4 Å². The number of hydrogen-bond donors (Lipinski definition) is 1.